The van der Waals surface area contributed by atoms with E-state index in [1.807, 2.05) is 37.3 Å². The molecule has 13 heavy (non-hydrogen) atoms. The first kappa shape index (κ1) is 9.47. The number of rotatable bonds is 3. The van der Waals surface area contributed by atoms with Crippen molar-refractivity contribution in [1.82, 2.24) is 0 Å². The molecule has 0 saturated carbocycles. The van der Waals surface area contributed by atoms with Crippen LogP contribution in [0.15, 0.2) is 35.3 Å². The third kappa shape index (κ3) is 3.08. The molecule has 0 aromatic heterocycles. The van der Waals surface area contributed by atoms with E-state index in [4.69, 9.17) is 5.26 Å². The highest BCUT2D eigenvalue weighted by Gasteiger charge is 1.97. The number of hydrogen-bond donors (Lipinski definition) is 0. The van der Waals surface area contributed by atoms with Crippen LogP contribution in [0.5, 0.6) is 0 Å². The molecule has 0 aliphatic carbocycles. The maximum Gasteiger partial charge on any atom is 0.0813 e. The molecule has 0 amide bonds. The summed E-state index contributed by atoms with van der Waals surface area (Å²) in [5, 5.41) is 8.66. The van der Waals surface area contributed by atoms with Crippen LogP contribution in [0.1, 0.15) is 13.3 Å². The van der Waals surface area contributed by atoms with Crippen LogP contribution < -0.4 is 0 Å². The molecule has 0 aliphatic heterocycles. The maximum atomic E-state index is 8.66. The summed E-state index contributed by atoms with van der Waals surface area (Å²) in [5.41, 5.74) is 0.899. The fourth-order valence-electron chi connectivity index (χ4n) is 0.920. The Balaban J connectivity index is 2.64. The first-order valence-electron chi connectivity index (χ1n) is 4.35. The van der Waals surface area contributed by atoms with Crippen molar-refractivity contribution in [3.63, 3.8) is 0 Å². The van der Waals surface area contributed by atoms with Gasteiger partial charge < -0.3 is 0 Å². The summed E-state index contributed by atoms with van der Waals surface area (Å²) < 4.78 is 0. The minimum absolute atomic E-state index is 0.0693. The van der Waals surface area contributed by atoms with Gasteiger partial charge in [0, 0.05) is 6.21 Å². The molecule has 0 saturated heterocycles. The highest BCUT2D eigenvalue weighted by molar-refractivity contribution is 5.68. The van der Waals surface area contributed by atoms with Crippen LogP contribution in [-0.4, -0.2) is 6.21 Å². The smallest absolute Gasteiger partial charge is 0.0813 e. The SMILES string of the molecule is CCC(C#N)/C=N/c1ccccc1. The Labute approximate surface area is 78.5 Å². The van der Waals surface area contributed by atoms with Crippen molar-refractivity contribution in [2.45, 2.75) is 13.3 Å². The largest absolute Gasteiger partial charge is 0.260 e. The first-order valence-corrected chi connectivity index (χ1v) is 4.35. The van der Waals surface area contributed by atoms with E-state index < -0.39 is 0 Å². The molecule has 2 nitrogen and oxygen atoms in total. The van der Waals surface area contributed by atoms with Crippen molar-refractivity contribution in [3.8, 4) is 6.07 Å². The molecule has 1 unspecified atom stereocenters. The molecule has 1 rings (SSSR count). The predicted octanol–water partition coefficient (Wildman–Crippen LogP) is 2.94. The van der Waals surface area contributed by atoms with Crippen LogP contribution in [0.25, 0.3) is 0 Å². The molecule has 2 heteroatoms. The fourth-order valence-corrected chi connectivity index (χ4v) is 0.920. The molecule has 1 aromatic rings. The molecule has 0 heterocycles. The minimum atomic E-state index is -0.0693. The molecule has 0 fully saturated rings. The Bertz CT molecular complexity index is 309. The van der Waals surface area contributed by atoms with Crippen LogP contribution in [-0.2, 0) is 0 Å². The van der Waals surface area contributed by atoms with E-state index >= 15 is 0 Å². The molecule has 1 atom stereocenters. The highest BCUT2D eigenvalue weighted by Crippen LogP contribution is 2.10. The van der Waals surface area contributed by atoms with Crippen molar-refractivity contribution in [3.05, 3.63) is 30.3 Å². The zero-order valence-corrected chi connectivity index (χ0v) is 7.64. The van der Waals surface area contributed by atoms with Crippen molar-refractivity contribution >= 4 is 11.9 Å². The highest BCUT2D eigenvalue weighted by atomic mass is 14.7. The van der Waals surface area contributed by atoms with Gasteiger partial charge in [-0.05, 0) is 18.6 Å². The van der Waals surface area contributed by atoms with Gasteiger partial charge in [0.15, 0.2) is 0 Å². The number of hydrogen-bond acceptors (Lipinski definition) is 2. The van der Waals surface area contributed by atoms with Crippen molar-refractivity contribution in [2.75, 3.05) is 0 Å². The molecule has 0 aliphatic rings. The van der Waals surface area contributed by atoms with Gasteiger partial charge in [0.2, 0.25) is 0 Å². The average molecular weight is 172 g/mol. The monoisotopic (exact) mass is 172 g/mol. The molecule has 0 N–H and O–H groups in total. The normalized spacial score (nSPS) is 12.6. The summed E-state index contributed by atoms with van der Waals surface area (Å²) >= 11 is 0. The molecule has 0 radical (unpaired) electrons. The van der Waals surface area contributed by atoms with Gasteiger partial charge in [0.05, 0.1) is 17.7 Å². The van der Waals surface area contributed by atoms with Crippen LogP contribution in [0.3, 0.4) is 0 Å². The first-order chi connectivity index (χ1) is 6.36. The predicted molar refractivity (Wildman–Crippen MR) is 54.0 cm³/mol. The van der Waals surface area contributed by atoms with Gasteiger partial charge in [-0.1, -0.05) is 25.1 Å². The van der Waals surface area contributed by atoms with Crippen LogP contribution in [0.2, 0.25) is 0 Å². The van der Waals surface area contributed by atoms with Gasteiger partial charge in [-0.15, -0.1) is 0 Å². The van der Waals surface area contributed by atoms with Gasteiger partial charge in [-0.25, -0.2) is 0 Å². The van der Waals surface area contributed by atoms with Crippen molar-refractivity contribution in [1.29, 1.82) is 5.26 Å². The number of aliphatic imine (C=N–C) groups is 1. The summed E-state index contributed by atoms with van der Waals surface area (Å²) in [4.78, 5) is 4.20. The molecule has 0 spiro atoms. The van der Waals surface area contributed by atoms with E-state index in [2.05, 4.69) is 11.1 Å². The Morgan fingerprint density at radius 1 is 1.46 bits per heavy atom. The number of nitriles is 1. The number of para-hydroxylation sites is 1. The van der Waals surface area contributed by atoms with Crippen molar-refractivity contribution < 1.29 is 0 Å². The fraction of sp³-hybridized carbons (Fsp3) is 0.273. The zero-order chi connectivity index (χ0) is 9.52. The Morgan fingerprint density at radius 3 is 2.69 bits per heavy atom. The summed E-state index contributed by atoms with van der Waals surface area (Å²) in [7, 11) is 0. The van der Waals surface area contributed by atoms with Gasteiger partial charge in [0.25, 0.3) is 0 Å². The quantitative estimate of drug-likeness (QED) is 0.646. The lowest BCUT2D eigenvalue weighted by Gasteiger charge is -1.95. The van der Waals surface area contributed by atoms with E-state index in [0.29, 0.717) is 0 Å². The standard InChI is InChI=1S/C11H12N2/c1-2-10(8-12)9-13-11-6-4-3-5-7-11/h3-7,9-10H,2H2,1H3/b13-9+. The molecular weight excluding hydrogens is 160 g/mol. The zero-order valence-electron chi connectivity index (χ0n) is 7.64. The summed E-state index contributed by atoms with van der Waals surface area (Å²) in [6.07, 6.45) is 2.52. The lowest BCUT2D eigenvalue weighted by molar-refractivity contribution is 0.845. The number of nitrogens with zero attached hydrogens (tertiary/aromatic N) is 2. The van der Waals surface area contributed by atoms with E-state index in [-0.39, 0.29) is 5.92 Å². The van der Waals surface area contributed by atoms with Crippen molar-refractivity contribution in [2.24, 2.45) is 10.9 Å². The van der Waals surface area contributed by atoms with Crippen LogP contribution in [0, 0.1) is 17.2 Å². The lowest BCUT2D eigenvalue weighted by atomic mass is 10.1. The van der Waals surface area contributed by atoms with E-state index in [1.165, 1.54) is 0 Å². The third-order valence-electron chi connectivity index (χ3n) is 1.77. The maximum absolute atomic E-state index is 8.66. The second-order valence-corrected chi connectivity index (χ2v) is 2.76. The van der Waals surface area contributed by atoms with E-state index in [0.717, 1.165) is 12.1 Å². The Kier molecular flexibility index (Phi) is 3.72. The molecular formula is C11H12N2. The Morgan fingerprint density at radius 2 is 2.15 bits per heavy atom. The van der Waals surface area contributed by atoms with E-state index in [9.17, 15) is 0 Å². The van der Waals surface area contributed by atoms with Crippen LogP contribution >= 0.6 is 0 Å². The number of benzene rings is 1. The third-order valence-corrected chi connectivity index (χ3v) is 1.77. The summed E-state index contributed by atoms with van der Waals surface area (Å²) in [5.74, 6) is -0.0693. The summed E-state index contributed by atoms with van der Waals surface area (Å²) in [6.45, 7) is 1.98. The van der Waals surface area contributed by atoms with Gasteiger partial charge >= 0.3 is 0 Å². The molecule has 0 bridgehead atoms. The summed E-state index contributed by atoms with van der Waals surface area (Å²) in [6, 6.07) is 11.8. The van der Waals surface area contributed by atoms with E-state index in [1.54, 1.807) is 6.21 Å². The van der Waals surface area contributed by atoms with Gasteiger partial charge in [0.1, 0.15) is 0 Å². The minimum Gasteiger partial charge on any atom is -0.260 e. The Hall–Kier alpha value is -1.62. The average Bonchev–Trinajstić information content (AvgIpc) is 2.21. The van der Waals surface area contributed by atoms with Gasteiger partial charge in [-0.2, -0.15) is 5.26 Å². The molecule has 66 valence electrons. The second-order valence-electron chi connectivity index (χ2n) is 2.76. The topological polar surface area (TPSA) is 36.1 Å². The van der Waals surface area contributed by atoms with Crippen LogP contribution in [0.4, 0.5) is 5.69 Å². The lowest BCUT2D eigenvalue weighted by Crippen LogP contribution is -1.94. The van der Waals surface area contributed by atoms with Gasteiger partial charge in [-0.3, -0.25) is 4.99 Å². The second kappa shape index (κ2) is 5.10. The molecule has 1 aromatic carbocycles.